The number of hydrogen-bond acceptors (Lipinski definition) is 5. The SMILES string of the molecule is CN(CCC#N)CC(=O)N1CCN(S(=O)(=O)c2ccc3ccccc3c2)CC1. The highest BCUT2D eigenvalue weighted by Crippen LogP contribution is 2.22. The predicted molar refractivity (Wildman–Crippen MR) is 107 cm³/mol. The molecule has 1 aliphatic rings. The highest BCUT2D eigenvalue weighted by molar-refractivity contribution is 7.89. The van der Waals surface area contributed by atoms with Gasteiger partial charge in [0, 0.05) is 39.1 Å². The minimum Gasteiger partial charge on any atom is -0.339 e. The summed E-state index contributed by atoms with van der Waals surface area (Å²) in [4.78, 5) is 16.2. The van der Waals surface area contributed by atoms with Crippen LogP contribution >= 0.6 is 0 Å². The first-order valence-corrected chi connectivity index (χ1v) is 10.7. The molecule has 1 heterocycles. The summed E-state index contributed by atoms with van der Waals surface area (Å²) >= 11 is 0. The fraction of sp³-hybridized carbons (Fsp3) is 0.400. The van der Waals surface area contributed by atoms with Crippen molar-refractivity contribution in [2.75, 3.05) is 46.3 Å². The Morgan fingerprint density at radius 3 is 2.46 bits per heavy atom. The van der Waals surface area contributed by atoms with Crippen LogP contribution in [0.4, 0.5) is 0 Å². The molecule has 2 aromatic carbocycles. The first-order valence-electron chi connectivity index (χ1n) is 9.24. The van der Waals surface area contributed by atoms with Gasteiger partial charge in [-0.15, -0.1) is 0 Å². The summed E-state index contributed by atoms with van der Waals surface area (Å²) in [6.07, 6.45) is 0.377. The Kier molecular flexibility index (Phi) is 6.29. The number of fused-ring (bicyclic) bond motifs is 1. The molecule has 2 aromatic rings. The van der Waals surface area contributed by atoms with Crippen LogP contribution in [0.2, 0.25) is 0 Å². The van der Waals surface area contributed by atoms with Crippen molar-refractivity contribution in [1.82, 2.24) is 14.1 Å². The van der Waals surface area contributed by atoms with Gasteiger partial charge < -0.3 is 4.90 Å². The summed E-state index contributed by atoms with van der Waals surface area (Å²) in [6, 6.07) is 14.9. The molecule has 1 saturated heterocycles. The van der Waals surface area contributed by atoms with E-state index in [9.17, 15) is 13.2 Å². The molecule has 7 nitrogen and oxygen atoms in total. The third-order valence-electron chi connectivity index (χ3n) is 4.96. The van der Waals surface area contributed by atoms with Crippen LogP contribution in [0.3, 0.4) is 0 Å². The molecule has 0 spiro atoms. The lowest BCUT2D eigenvalue weighted by molar-refractivity contribution is -0.133. The molecule has 0 atom stereocenters. The van der Waals surface area contributed by atoms with Crippen LogP contribution < -0.4 is 0 Å². The second-order valence-corrected chi connectivity index (χ2v) is 8.88. The Labute approximate surface area is 165 Å². The summed E-state index contributed by atoms with van der Waals surface area (Å²) in [7, 11) is -1.79. The second kappa shape index (κ2) is 8.69. The Morgan fingerprint density at radius 2 is 1.79 bits per heavy atom. The largest absolute Gasteiger partial charge is 0.339 e. The fourth-order valence-electron chi connectivity index (χ4n) is 3.31. The lowest BCUT2D eigenvalue weighted by atomic mass is 10.1. The number of rotatable bonds is 6. The molecule has 0 radical (unpaired) electrons. The third-order valence-corrected chi connectivity index (χ3v) is 6.86. The van der Waals surface area contributed by atoms with Crippen LogP contribution in [0.5, 0.6) is 0 Å². The van der Waals surface area contributed by atoms with E-state index in [1.165, 1.54) is 4.31 Å². The van der Waals surface area contributed by atoms with E-state index in [-0.39, 0.29) is 30.4 Å². The van der Waals surface area contributed by atoms with Crippen LogP contribution in [-0.2, 0) is 14.8 Å². The molecule has 0 saturated carbocycles. The average molecular weight is 401 g/mol. The molecule has 1 fully saturated rings. The number of amides is 1. The van der Waals surface area contributed by atoms with Crippen molar-refractivity contribution in [2.45, 2.75) is 11.3 Å². The summed E-state index contributed by atoms with van der Waals surface area (Å²) in [5.41, 5.74) is 0. The van der Waals surface area contributed by atoms with Gasteiger partial charge in [0.05, 0.1) is 17.5 Å². The van der Waals surface area contributed by atoms with E-state index in [4.69, 9.17) is 5.26 Å². The monoisotopic (exact) mass is 400 g/mol. The van der Waals surface area contributed by atoms with Gasteiger partial charge in [-0.2, -0.15) is 9.57 Å². The second-order valence-electron chi connectivity index (χ2n) is 6.94. The maximum atomic E-state index is 13.0. The minimum absolute atomic E-state index is 0.0387. The van der Waals surface area contributed by atoms with E-state index in [1.54, 1.807) is 24.1 Å². The van der Waals surface area contributed by atoms with Crippen molar-refractivity contribution < 1.29 is 13.2 Å². The van der Waals surface area contributed by atoms with Crippen molar-refractivity contribution in [2.24, 2.45) is 0 Å². The maximum absolute atomic E-state index is 13.0. The number of nitriles is 1. The molecule has 148 valence electrons. The summed E-state index contributed by atoms with van der Waals surface area (Å²) < 4.78 is 27.4. The number of sulfonamides is 1. The van der Waals surface area contributed by atoms with Crippen LogP contribution in [0.15, 0.2) is 47.4 Å². The van der Waals surface area contributed by atoms with Crippen molar-refractivity contribution in [1.29, 1.82) is 5.26 Å². The quantitative estimate of drug-likeness (QED) is 0.734. The maximum Gasteiger partial charge on any atom is 0.243 e. The lowest BCUT2D eigenvalue weighted by Gasteiger charge is -2.34. The number of carbonyl (C=O) groups is 1. The molecule has 28 heavy (non-hydrogen) atoms. The number of benzene rings is 2. The lowest BCUT2D eigenvalue weighted by Crippen LogP contribution is -2.52. The molecule has 0 aliphatic carbocycles. The number of carbonyl (C=O) groups excluding carboxylic acids is 1. The molecule has 0 aromatic heterocycles. The van der Waals surface area contributed by atoms with E-state index in [2.05, 4.69) is 6.07 Å². The average Bonchev–Trinajstić information content (AvgIpc) is 2.72. The fourth-order valence-corrected chi connectivity index (χ4v) is 4.76. The molecule has 8 heteroatoms. The highest BCUT2D eigenvalue weighted by Gasteiger charge is 2.30. The molecule has 3 rings (SSSR count). The zero-order valence-corrected chi connectivity index (χ0v) is 16.7. The van der Waals surface area contributed by atoms with E-state index in [1.807, 2.05) is 35.2 Å². The Hall–Kier alpha value is -2.47. The van der Waals surface area contributed by atoms with Gasteiger partial charge in [0.25, 0.3) is 0 Å². The molecule has 0 bridgehead atoms. The predicted octanol–water partition coefficient (Wildman–Crippen LogP) is 1.52. The van der Waals surface area contributed by atoms with Crippen molar-refractivity contribution in [3.63, 3.8) is 0 Å². The van der Waals surface area contributed by atoms with Gasteiger partial charge in [-0.25, -0.2) is 8.42 Å². The number of likely N-dealkylation sites (N-methyl/N-ethyl adjacent to an activating group) is 1. The zero-order valence-electron chi connectivity index (χ0n) is 15.9. The molecule has 0 unspecified atom stereocenters. The van der Waals surface area contributed by atoms with Crippen molar-refractivity contribution in [3.8, 4) is 6.07 Å². The first kappa shape index (κ1) is 20.3. The number of piperazine rings is 1. The van der Waals surface area contributed by atoms with Gasteiger partial charge in [-0.05, 0) is 30.0 Å². The van der Waals surface area contributed by atoms with Crippen molar-refractivity contribution >= 4 is 26.7 Å². The Morgan fingerprint density at radius 1 is 1.11 bits per heavy atom. The van der Waals surface area contributed by atoms with Crippen LogP contribution in [0.1, 0.15) is 6.42 Å². The Balaban J connectivity index is 1.63. The highest BCUT2D eigenvalue weighted by atomic mass is 32.2. The molecule has 1 aliphatic heterocycles. The van der Waals surface area contributed by atoms with E-state index < -0.39 is 10.0 Å². The minimum atomic E-state index is -3.59. The molecule has 0 N–H and O–H groups in total. The van der Waals surface area contributed by atoms with Crippen molar-refractivity contribution in [3.05, 3.63) is 42.5 Å². The standard InChI is InChI=1S/C20H24N4O3S/c1-22(10-4-9-21)16-20(25)23-11-13-24(14-12-23)28(26,27)19-8-7-17-5-2-3-6-18(17)15-19/h2-3,5-8,15H,4,10-14,16H2,1H3. The van der Waals surface area contributed by atoms with E-state index in [0.29, 0.717) is 26.1 Å². The smallest absolute Gasteiger partial charge is 0.243 e. The van der Waals surface area contributed by atoms with Gasteiger partial charge in [0.15, 0.2) is 0 Å². The van der Waals surface area contributed by atoms with Gasteiger partial charge in [0.2, 0.25) is 15.9 Å². The number of hydrogen-bond donors (Lipinski definition) is 0. The summed E-state index contributed by atoms with van der Waals surface area (Å²) in [5, 5.41) is 10.5. The van der Waals surface area contributed by atoms with E-state index in [0.717, 1.165) is 10.8 Å². The normalized spacial score (nSPS) is 15.7. The van der Waals surface area contributed by atoms with Crippen LogP contribution in [0.25, 0.3) is 10.8 Å². The molecular formula is C20H24N4O3S. The van der Waals surface area contributed by atoms with Crippen LogP contribution in [0, 0.1) is 11.3 Å². The third kappa shape index (κ3) is 4.50. The van der Waals surface area contributed by atoms with Gasteiger partial charge >= 0.3 is 0 Å². The molecular weight excluding hydrogens is 376 g/mol. The van der Waals surface area contributed by atoms with Gasteiger partial charge in [-0.3, -0.25) is 9.69 Å². The van der Waals surface area contributed by atoms with Gasteiger partial charge in [-0.1, -0.05) is 30.3 Å². The first-order chi connectivity index (χ1) is 13.4. The van der Waals surface area contributed by atoms with Crippen LogP contribution in [-0.4, -0.2) is 74.7 Å². The summed E-state index contributed by atoms with van der Waals surface area (Å²) in [5.74, 6) is -0.0387. The van der Waals surface area contributed by atoms with Gasteiger partial charge in [0.1, 0.15) is 0 Å². The number of nitrogens with zero attached hydrogens (tertiary/aromatic N) is 4. The topological polar surface area (TPSA) is 84.7 Å². The molecule has 1 amide bonds. The zero-order chi connectivity index (χ0) is 20.1. The summed E-state index contributed by atoms with van der Waals surface area (Å²) in [6.45, 7) is 2.08. The van der Waals surface area contributed by atoms with E-state index >= 15 is 0 Å². The Bertz CT molecular complexity index is 992.